The van der Waals surface area contributed by atoms with Crippen LogP contribution in [-0.2, 0) is 20.9 Å². The Kier molecular flexibility index (Phi) is 8.06. The van der Waals surface area contributed by atoms with Crippen LogP contribution >= 0.6 is 0 Å². The van der Waals surface area contributed by atoms with Gasteiger partial charge in [-0.15, -0.1) is 0 Å². The Balaban J connectivity index is 1.40. The summed E-state index contributed by atoms with van der Waals surface area (Å²) < 4.78 is 21.6. The fourth-order valence-electron chi connectivity index (χ4n) is 5.35. The predicted molar refractivity (Wildman–Crippen MR) is 164 cm³/mol. The first-order chi connectivity index (χ1) is 21.9. The largest absolute Gasteiger partial charge is 0.497 e. The number of carbonyl (C=O) groups is 4. The van der Waals surface area contributed by atoms with Crippen molar-refractivity contribution < 1.29 is 38.1 Å². The number of hydrogen-bond acceptors (Lipinski definition) is 8. The van der Waals surface area contributed by atoms with Crippen LogP contribution < -0.4 is 29.2 Å². The molecule has 0 aliphatic carbocycles. The second-order valence-electron chi connectivity index (χ2n) is 10.3. The molecule has 6 rings (SSSR count). The number of benzene rings is 4. The van der Waals surface area contributed by atoms with Crippen molar-refractivity contribution in [2.24, 2.45) is 0 Å². The fourth-order valence-corrected chi connectivity index (χ4v) is 5.35. The Hall–Kier alpha value is -5.84. The van der Waals surface area contributed by atoms with Gasteiger partial charge in [-0.3, -0.25) is 24.1 Å². The van der Waals surface area contributed by atoms with E-state index in [-0.39, 0.29) is 18.9 Å². The molecule has 228 valence electrons. The minimum atomic E-state index is -1.18. The van der Waals surface area contributed by atoms with Crippen molar-refractivity contribution >= 4 is 34.9 Å². The van der Waals surface area contributed by atoms with Crippen LogP contribution in [0.15, 0.2) is 91.0 Å². The van der Waals surface area contributed by atoms with Gasteiger partial charge in [0.15, 0.2) is 11.5 Å². The van der Waals surface area contributed by atoms with Crippen LogP contribution in [0.25, 0.3) is 0 Å². The third-order valence-electron chi connectivity index (χ3n) is 7.61. The summed E-state index contributed by atoms with van der Waals surface area (Å²) in [6.45, 7) is -0.392. The van der Waals surface area contributed by atoms with Crippen molar-refractivity contribution in [1.82, 2.24) is 4.90 Å². The first-order valence-corrected chi connectivity index (χ1v) is 14.1. The maximum atomic E-state index is 14.3. The van der Waals surface area contributed by atoms with Gasteiger partial charge >= 0.3 is 0 Å². The van der Waals surface area contributed by atoms with E-state index in [9.17, 15) is 19.2 Å². The number of fused-ring (bicyclic) bond motifs is 2. The van der Waals surface area contributed by atoms with Crippen molar-refractivity contribution in [3.8, 4) is 23.0 Å². The molecule has 2 aliphatic rings. The Morgan fingerprint density at radius 1 is 0.867 bits per heavy atom. The molecule has 1 atom stereocenters. The Bertz CT molecular complexity index is 1790. The van der Waals surface area contributed by atoms with Gasteiger partial charge in [-0.05, 0) is 59.7 Å². The van der Waals surface area contributed by atoms with Gasteiger partial charge in [0.1, 0.15) is 24.1 Å². The Morgan fingerprint density at radius 2 is 1.62 bits per heavy atom. The molecule has 45 heavy (non-hydrogen) atoms. The number of rotatable bonds is 10. The van der Waals surface area contributed by atoms with Crippen LogP contribution in [0, 0.1) is 0 Å². The number of anilines is 2. The van der Waals surface area contributed by atoms with E-state index in [4.69, 9.17) is 18.9 Å². The van der Waals surface area contributed by atoms with Gasteiger partial charge in [0.2, 0.25) is 12.7 Å². The minimum absolute atomic E-state index is 0.00309. The zero-order valence-electron chi connectivity index (χ0n) is 24.5. The van der Waals surface area contributed by atoms with Crippen LogP contribution in [0.3, 0.4) is 0 Å². The van der Waals surface area contributed by atoms with E-state index >= 15 is 0 Å². The van der Waals surface area contributed by atoms with Gasteiger partial charge in [0.05, 0.1) is 25.5 Å². The molecule has 11 heteroatoms. The molecular formula is C34H29N3O8. The van der Waals surface area contributed by atoms with Crippen molar-refractivity contribution in [2.45, 2.75) is 12.6 Å². The van der Waals surface area contributed by atoms with E-state index < -0.39 is 36.1 Å². The van der Waals surface area contributed by atoms with E-state index in [1.807, 2.05) is 0 Å². The lowest BCUT2D eigenvalue weighted by atomic mass is 10.0. The minimum Gasteiger partial charge on any atom is -0.497 e. The van der Waals surface area contributed by atoms with Crippen LogP contribution in [0.1, 0.15) is 27.5 Å². The molecule has 4 aromatic carbocycles. The molecule has 11 nitrogen and oxygen atoms in total. The first kappa shape index (κ1) is 29.2. The van der Waals surface area contributed by atoms with Crippen LogP contribution in [0.5, 0.6) is 23.0 Å². The van der Waals surface area contributed by atoms with Gasteiger partial charge in [-0.2, -0.15) is 0 Å². The zero-order valence-corrected chi connectivity index (χ0v) is 24.5. The van der Waals surface area contributed by atoms with Gasteiger partial charge in [-0.25, -0.2) is 0 Å². The highest BCUT2D eigenvalue weighted by Crippen LogP contribution is 2.36. The van der Waals surface area contributed by atoms with Crippen molar-refractivity contribution in [1.29, 1.82) is 0 Å². The molecule has 2 aliphatic heterocycles. The smallest absolute Gasteiger partial charge is 0.299 e. The van der Waals surface area contributed by atoms with Gasteiger partial charge in [0.25, 0.3) is 17.6 Å². The van der Waals surface area contributed by atoms with Crippen LogP contribution in [-0.4, -0.2) is 56.0 Å². The average molecular weight is 608 g/mol. The van der Waals surface area contributed by atoms with Gasteiger partial charge in [-0.1, -0.05) is 36.4 Å². The summed E-state index contributed by atoms with van der Waals surface area (Å²) in [4.78, 5) is 56.8. The average Bonchev–Trinajstić information content (AvgIpc) is 3.63. The number of Topliss-reactive ketones (excluding diaryl/α,β-unsaturated/α-hetero) is 1. The number of carbonyl (C=O) groups excluding carboxylic acids is 4. The molecule has 0 aromatic heterocycles. The van der Waals surface area contributed by atoms with Gasteiger partial charge in [0, 0.05) is 18.3 Å². The van der Waals surface area contributed by atoms with Crippen molar-refractivity contribution in [2.75, 3.05) is 37.8 Å². The molecule has 0 saturated carbocycles. The molecule has 0 radical (unpaired) electrons. The summed E-state index contributed by atoms with van der Waals surface area (Å²) in [7, 11) is 3.06. The van der Waals surface area contributed by atoms with Crippen molar-refractivity contribution in [3.63, 3.8) is 0 Å². The highest BCUT2D eigenvalue weighted by Gasteiger charge is 2.39. The first-order valence-electron chi connectivity index (χ1n) is 14.1. The molecule has 0 saturated heterocycles. The fraction of sp³-hybridized carbons (Fsp3) is 0.176. The highest BCUT2D eigenvalue weighted by atomic mass is 16.7. The molecule has 3 amide bonds. The van der Waals surface area contributed by atoms with E-state index in [2.05, 4.69) is 5.32 Å². The lowest BCUT2D eigenvalue weighted by Crippen LogP contribution is -2.46. The number of ether oxygens (including phenoxy) is 4. The lowest BCUT2D eigenvalue weighted by Gasteiger charge is -2.33. The normalized spacial score (nSPS) is 13.7. The quantitative estimate of drug-likeness (QED) is 0.264. The summed E-state index contributed by atoms with van der Waals surface area (Å²) >= 11 is 0. The summed E-state index contributed by atoms with van der Waals surface area (Å²) in [6, 6.07) is 24.3. The summed E-state index contributed by atoms with van der Waals surface area (Å²) in [5, 5.41) is 2.91. The topological polar surface area (TPSA) is 124 Å². The number of ketones is 1. The third-order valence-corrected chi connectivity index (χ3v) is 7.61. The summed E-state index contributed by atoms with van der Waals surface area (Å²) in [5.41, 5.74) is 2.17. The number of hydrogen-bond donors (Lipinski definition) is 1. The molecule has 0 fully saturated rings. The standard InChI is InChI=1S/C34H29N3O8/c1-42-24-13-10-21(11-14-24)18-37(30(38)19-36-27-9-4-3-8-26(27)32(39)34(36)41)31(22-6-5-7-25(16-22)43-2)33(40)35-23-12-15-28-29(17-23)45-20-44-28/h3-17,31H,18-20H2,1-2H3,(H,35,40). The summed E-state index contributed by atoms with van der Waals surface area (Å²) in [5.74, 6) is -0.433. The number of methoxy groups -OCH3 is 2. The van der Waals surface area contributed by atoms with E-state index in [1.54, 1.807) is 98.1 Å². The Labute approximate surface area is 258 Å². The second kappa shape index (κ2) is 12.4. The monoisotopic (exact) mass is 607 g/mol. The second-order valence-corrected chi connectivity index (χ2v) is 10.3. The number of para-hydroxylation sites is 1. The molecule has 0 bridgehead atoms. The molecular weight excluding hydrogens is 578 g/mol. The third kappa shape index (κ3) is 5.87. The molecule has 1 unspecified atom stereocenters. The summed E-state index contributed by atoms with van der Waals surface area (Å²) in [6.07, 6.45) is 0. The molecule has 0 spiro atoms. The number of nitrogens with one attached hydrogen (secondary N) is 1. The maximum Gasteiger partial charge on any atom is 0.299 e. The maximum absolute atomic E-state index is 14.3. The van der Waals surface area contributed by atoms with E-state index in [1.165, 1.54) is 12.0 Å². The number of nitrogens with zero attached hydrogens (tertiary/aromatic N) is 2. The van der Waals surface area contributed by atoms with Gasteiger partial charge < -0.3 is 29.2 Å². The van der Waals surface area contributed by atoms with E-state index in [0.717, 1.165) is 4.90 Å². The Morgan fingerprint density at radius 3 is 2.40 bits per heavy atom. The highest BCUT2D eigenvalue weighted by molar-refractivity contribution is 6.52. The molecule has 1 N–H and O–H groups in total. The zero-order chi connectivity index (χ0) is 31.5. The molecule has 2 heterocycles. The van der Waals surface area contributed by atoms with Crippen LogP contribution in [0.4, 0.5) is 11.4 Å². The van der Waals surface area contributed by atoms with Crippen LogP contribution in [0.2, 0.25) is 0 Å². The molecule has 4 aromatic rings. The lowest BCUT2D eigenvalue weighted by molar-refractivity contribution is -0.139. The predicted octanol–water partition coefficient (Wildman–Crippen LogP) is 4.37. The SMILES string of the molecule is COc1ccc(CN(C(=O)CN2C(=O)C(=O)c3ccccc32)C(C(=O)Nc2ccc3c(c2)OCO3)c2cccc(OC)c2)cc1. The van der Waals surface area contributed by atoms with Crippen molar-refractivity contribution in [3.05, 3.63) is 108 Å². The number of amides is 3. The van der Waals surface area contributed by atoms with E-state index in [0.29, 0.717) is 45.5 Å².